The number of nitrogens with one attached hydrogen (secondary N) is 2. The zero-order valence-electron chi connectivity index (χ0n) is 14.5. The number of aliphatic imine (C=N–C) groups is 1. The highest BCUT2D eigenvalue weighted by molar-refractivity contribution is 5.94. The van der Waals surface area contributed by atoms with Gasteiger partial charge < -0.3 is 15.5 Å². The Labute approximate surface area is 147 Å². The van der Waals surface area contributed by atoms with E-state index in [4.69, 9.17) is 0 Å². The number of carbonyl (C=O) groups excluding carboxylic acids is 1. The van der Waals surface area contributed by atoms with Gasteiger partial charge in [-0.2, -0.15) is 0 Å². The maximum atomic E-state index is 13.0. The fourth-order valence-electron chi connectivity index (χ4n) is 2.28. The molecule has 0 saturated carbocycles. The number of carbonyl (C=O) groups is 1. The number of guanidine groups is 1. The van der Waals surface area contributed by atoms with Crippen molar-refractivity contribution in [3.05, 3.63) is 66.0 Å². The molecule has 0 aliphatic carbocycles. The zero-order chi connectivity index (χ0) is 18.1. The number of anilines is 1. The molecule has 0 radical (unpaired) electrons. The van der Waals surface area contributed by atoms with Gasteiger partial charge in [-0.1, -0.05) is 30.3 Å². The van der Waals surface area contributed by atoms with Gasteiger partial charge in [0.1, 0.15) is 12.4 Å². The monoisotopic (exact) mass is 342 g/mol. The summed E-state index contributed by atoms with van der Waals surface area (Å²) in [6.45, 7) is 3.23. The van der Waals surface area contributed by atoms with E-state index in [1.165, 1.54) is 12.1 Å². The number of nitrogens with zero attached hydrogens (tertiary/aromatic N) is 2. The molecule has 1 amide bonds. The first-order valence-corrected chi connectivity index (χ1v) is 8.17. The van der Waals surface area contributed by atoms with Crippen molar-refractivity contribution in [2.45, 2.75) is 13.5 Å². The van der Waals surface area contributed by atoms with Gasteiger partial charge in [0.25, 0.3) is 0 Å². The van der Waals surface area contributed by atoms with Gasteiger partial charge in [-0.05, 0) is 36.8 Å². The lowest BCUT2D eigenvalue weighted by molar-refractivity contribution is -0.114. The Balaban J connectivity index is 1.96. The van der Waals surface area contributed by atoms with Crippen LogP contribution in [0.2, 0.25) is 0 Å². The van der Waals surface area contributed by atoms with Gasteiger partial charge >= 0.3 is 0 Å². The summed E-state index contributed by atoms with van der Waals surface area (Å²) in [5.74, 6) is 0.177. The third kappa shape index (κ3) is 6.25. The lowest BCUT2D eigenvalue weighted by Gasteiger charge is -2.22. The molecule has 0 aliphatic rings. The van der Waals surface area contributed by atoms with Gasteiger partial charge in [0.05, 0.1) is 0 Å². The van der Waals surface area contributed by atoms with Crippen LogP contribution in [0.25, 0.3) is 0 Å². The van der Waals surface area contributed by atoms with Gasteiger partial charge in [0.2, 0.25) is 5.91 Å². The molecule has 0 bridgehead atoms. The molecule has 0 spiro atoms. The second-order valence-electron chi connectivity index (χ2n) is 5.57. The Kier molecular flexibility index (Phi) is 6.95. The molecule has 6 heteroatoms. The molecule has 2 rings (SSSR count). The summed E-state index contributed by atoms with van der Waals surface area (Å²) in [6, 6.07) is 15.6. The van der Waals surface area contributed by atoms with E-state index in [-0.39, 0.29) is 18.3 Å². The highest BCUT2D eigenvalue weighted by atomic mass is 19.1. The minimum Gasteiger partial charge on any atom is -0.357 e. The average molecular weight is 342 g/mol. The van der Waals surface area contributed by atoms with Crippen LogP contribution >= 0.6 is 0 Å². The van der Waals surface area contributed by atoms with E-state index >= 15 is 0 Å². The fourth-order valence-corrected chi connectivity index (χ4v) is 2.28. The molecule has 2 N–H and O–H groups in total. The van der Waals surface area contributed by atoms with E-state index < -0.39 is 0 Å². The summed E-state index contributed by atoms with van der Waals surface area (Å²) in [6.07, 6.45) is 0. The van der Waals surface area contributed by atoms with Crippen molar-refractivity contribution >= 4 is 17.6 Å². The van der Waals surface area contributed by atoms with Crippen LogP contribution in [-0.4, -0.2) is 36.9 Å². The third-order valence-electron chi connectivity index (χ3n) is 3.46. The van der Waals surface area contributed by atoms with Crippen molar-refractivity contribution in [2.75, 3.05) is 25.5 Å². The summed E-state index contributed by atoms with van der Waals surface area (Å²) < 4.78 is 13.0. The van der Waals surface area contributed by atoms with Gasteiger partial charge in [0, 0.05) is 25.8 Å². The van der Waals surface area contributed by atoms with E-state index in [0.29, 0.717) is 19.0 Å². The molecule has 0 saturated heterocycles. The maximum absolute atomic E-state index is 13.0. The summed E-state index contributed by atoms with van der Waals surface area (Å²) in [5.41, 5.74) is 1.70. The Morgan fingerprint density at radius 3 is 2.44 bits per heavy atom. The van der Waals surface area contributed by atoms with Crippen LogP contribution in [0.3, 0.4) is 0 Å². The van der Waals surface area contributed by atoms with Gasteiger partial charge in [-0.15, -0.1) is 0 Å². The average Bonchev–Trinajstić information content (AvgIpc) is 2.61. The fraction of sp³-hybridized carbons (Fsp3) is 0.263. The van der Waals surface area contributed by atoms with Crippen molar-refractivity contribution in [3.8, 4) is 0 Å². The highest BCUT2D eigenvalue weighted by Crippen LogP contribution is 2.06. The Morgan fingerprint density at radius 2 is 1.80 bits per heavy atom. The van der Waals surface area contributed by atoms with Crippen molar-refractivity contribution < 1.29 is 9.18 Å². The van der Waals surface area contributed by atoms with Crippen LogP contribution in [0.1, 0.15) is 12.5 Å². The molecule has 0 aliphatic heterocycles. The van der Waals surface area contributed by atoms with Crippen molar-refractivity contribution in [2.24, 2.45) is 4.99 Å². The lowest BCUT2D eigenvalue weighted by Crippen LogP contribution is -2.39. The van der Waals surface area contributed by atoms with Crippen molar-refractivity contribution in [3.63, 3.8) is 0 Å². The molecule has 5 nitrogen and oxygen atoms in total. The molecule has 0 heterocycles. The molecule has 2 aromatic rings. The van der Waals surface area contributed by atoms with Crippen LogP contribution < -0.4 is 10.6 Å². The maximum Gasteiger partial charge on any atom is 0.246 e. The van der Waals surface area contributed by atoms with Crippen molar-refractivity contribution in [1.82, 2.24) is 10.2 Å². The van der Waals surface area contributed by atoms with E-state index in [2.05, 4.69) is 15.6 Å². The molecule has 0 aromatic heterocycles. The lowest BCUT2D eigenvalue weighted by atomic mass is 10.2. The Hall–Kier alpha value is -2.89. The molecule has 0 atom stereocenters. The highest BCUT2D eigenvalue weighted by Gasteiger charge is 2.08. The van der Waals surface area contributed by atoms with Crippen LogP contribution in [0.5, 0.6) is 0 Å². The summed E-state index contributed by atoms with van der Waals surface area (Å²) in [5, 5.41) is 5.96. The number of hydrogen-bond acceptors (Lipinski definition) is 2. The van der Waals surface area contributed by atoms with Gasteiger partial charge in [-0.3, -0.25) is 4.79 Å². The second kappa shape index (κ2) is 9.42. The molecule has 2 aromatic carbocycles. The van der Waals surface area contributed by atoms with Crippen LogP contribution in [-0.2, 0) is 11.3 Å². The summed E-state index contributed by atoms with van der Waals surface area (Å²) in [4.78, 5) is 18.3. The van der Waals surface area contributed by atoms with E-state index in [0.717, 1.165) is 11.3 Å². The summed E-state index contributed by atoms with van der Waals surface area (Å²) in [7, 11) is 1.87. The number of hydrogen-bond donors (Lipinski definition) is 2. The number of halogens is 1. The van der Waals surface area contributed by atoms with Gasteiger partial charge in [0.15, 0.2) is 5.96 Å². The molecular weight excluding hydrogens is 319 g/mol. The third-order valence-corrected chi connectivity index (χ3v) is 3.46. The van der Waals surface area contributed by atoms with E-state index in [1.807, 2.05) is 49.2 Å². The number of rotatable bonds is 6. The predicted octanol–water partition coefficient (Wildman–Crippen LogP) is 2.86. The summed E-state index contributed by atoms with van der Waals surface area (Å²) >= 11 is 0. The first-order valence-electron chi connectivity index (χ1n) is 8.17. The largest absolute Gasteiger partial charge is 0.357 e. The SMILES string of the molecule is CCNC(=NCC(=O)Nc1ccccc1)N(C)Cc1ccc(F)cc1. The quantitative estimate of drug-likeness (QED) is 0.627. The molecule has 0 fully saturated rings. The van der Waals surface area contributed by atoms with E-state index in [1.54, 1.807) is 12.1 Å². The molecule has 0 unspecified atom stereocenters. The number of para-hydroxylation sites is 1. The minimum atomic E-state index is -0.260. The predicted molar refractivity (Wildman–Crippen MR) is 98.9 cm³/mol. The number of amides is 1. The minimum absolute atomic E-state index is 0.0188. The molecule has 132 valence electrons. The first kappa shape index (κ1) is 18.4. The van der Waals surface area contributed by atoms with Crippen LogP contribution in [0, 0.1) is 5.82 Å². The smallest absolute Gasteiger partial charge is 0.246 e. The normalized spacial score (nSPS) is 11.1. The topological polar surface area (TPSA) is 56.7 Å². The molecule has 25 heavy (non-hydrogen) atoms. The Morgan fingerprint density at radius 1 is 1.12 bits per heavy atom. The van der Waals surface area contributed by atoms with E-state index in [9.17, 15) is 9.18 Å². The van der Waals surface area contributed by atoms with Gasteiger partial charge in [-0.25, -0.2) is 9.38 Å². The van der Waals surface area contributed by atoms with Crippen LogP contribution in [0.4, 0.5) is 10.1 Å². The Bertz CT molecular complexity index is 701. The van der Waals surface area contributed by atoms with Crippen molar-refractivity contribution in [1.29, 1.82) is 0 Å². The second-order valence-corrected chi connectivity index (χ2v) is 5.57. The van der Waals surface area contributed by atoms with Crippen LogP contribution in [0.15, 0.2) is 59.6 Å². The molecular formula is C19H23FN4O. The first-order chi connectivity index (χ1) is 12.1. The number of benzene rings is 2. The standard InChI is InChI=1S/C19H23FN4O/c1-3-21-19(24(2)14-15-9-11-16(20)12-10-15)22-13-18(25)23-17-7-5-4-6-8-17/h4-12H,3,13-14H2,1-2H3,(H,21,22)(H,23,25). The zero-order valence-corrected chi connectivity index (χ0v) is 14.5.